The van der Waals surface area contributed by atoms with Crippen LogP contribution in [0.3, 0.4) is 0 Å². The van der Waals surface area contributed by atoms with E-state index in [4.69, 9.17) is 19.2 Å². The van der Waals surface area contributed by atoms with Crippen LogP contribution in [0.25, 0.3) is 11.6 Å². The number of hydrogen-bond acceptors (Lipinski definition) is 15. The predicted octanol–water partition coefficient (Wildman–Crippen LogP) is 9.99. The third-order valence-electron chi connectivity index (χ3n) is 17.7. The molecule has 0 spiro atoms. The van der Waals surface area contributed by atoms with Gasteiger partial charge in [-0.1, -0.05) is 121 Å². The largest absolute Gasteiger partial charge is 0.481 e. The summed E-state index contributed by atoms with van der Waals surface area (Å²) in [5.41, 5.74) is 5.35. The third-order valence-corrected chi connectivity index (χ3v) is 18.6. The molecule has 1 fully saturated rings. The number of likely N-dealkylation sites (tertiary alicyclic amines) is 1. The molecule has 2 aliphatic rings. The van der Waals surface area contributed by atoms with E-state index in [0.717, 1.165) is 96.3 Å². The summed E-state index contributed by atoms with van der Waals surface area (Å²) in [7, 11) is 1.95. The first-order valence-corrected chi connectivity index (χ1v) is 34.5. The van der Waals surface area contributed by atoms with Gasteiger partial charge in [0.15, 0.2) is 6.10 Å². The zero-order valence-electron chi connectivity index (χ0n) is 57.0. The van der Waals surface area contributed by atoms with Crippen molar-refractivity contribution in [3.63, 3.8) is 0 Å². The highest BCUT2D eigenvalue weighted by Gasteiger charge is 2.39. The lowest BCUT2D eigenvalue weighted by Crippen LogP contribution is -2.59. The molecule has 6 atom stereocenters. The Balaban J connectivity index is 0.948. The first-order valence-electron chi connectivity index (χ1n) is 33.7. The van der Waals surface area contributed by atoms with Crippen LogP contribution in [0.1, 0.15) is 183 Å². The highest BCUT2D eigenvalue weighted by molar-refractivity contribution is 7.09. The van der Waals surface area contributed by atoms with Gasteiger partial charge in [0.1, 0.15) is 16.7 Å². The average Bonchev–Trinajstić information content (AvgIpc) is 0.864. The zero-order chi connectivity index (χ0) is 68.3. The number of benzene rings is 3. The second-order valence-corrected chi connectivity index (χ2v) is 26.8. The number of aromatic nitrogens is 1. The Morgan fingerprint density at radius 2 is 1.52 bits per heavy atom. The number of piperidine rings is 1. The number of para-hydroxylation sites is 1. The topological polar surface area (TPSA) is 267 Å². The van der Waals surface area contributed by atoms with Gasteiger partial charge in [-0.05, 0) is 130 Å². The fraction of sp³-hybridized carbons (Fsp3) is 0.569. The number of hydrogen-bond donors (Lipinski definition) is 6. The molecule has 22 heteroatoms. The molecule has 6 N–H and O–H groups in total. The van der Waals surface area contributed by atoms with Gasteiger partial charge in [-0.25, -0.2) is 4.98 Å². The number of carboxylic acid groups (broad SMARTS) is 1. The van der Waals surface area contributed by atoms with Crippen LogP contribution in [0.2, 0.25) is 0 Å². The number of nitrogens with one attached hydrogen (secondary N) is 5. The minimum absolute atomic E-state index is 0.00968. The molecule has 1 aromatic heterocycles. The smallest absolute Gasteiger partial charge is 0.309 e. The number of unbranched alkanes of at least 4 members (excludes halogenated alkanes) is 3. The molecule has 1 saturated heterocycles. The summed E-state index contributed by atoms with van der Waals surface area (Å²) in [6, 6.07) is 21.0. The number of nitrogens with zero attached hydrogens (tertiary/aromatic N) is 4. The zero-order valence-corrected chi connectivity index (χ0v) is 57.8. The highest BCUT2D eigenvalue weighted by Crippen LogP contribution is 2.35. The maximum Gasteiger partial charge on any atom is 0.309 e. The first kappa shape index (κ1) is 75.5. The number of allylic oxidation sites excluding steroid dienone is 1. The first-order chi connectivity index (χ1) is 45.0. The van der Waals surface area contributed by atoms with Gasteiger partial charge < -0.3 is 55.7 Å². The Morgan fingerprint density at radius 3 is 2.19 bits per heavy atom. The number of thiazole rings is 1. The van der Waals surface area contributed by atoms with Gasteiger partial charge in [-0.2, -0.15) is 0 Å². The summed E-state index contributed by atoms with van der Waals surface area (Å²) in [6.45, 7) is 20.1. The minimum Gasteiger partial charge on any atom is -0.481 e. The molecule has 6 amide bonds. The number of aliphatic carboxylic acids is 1. The molecule has 3 heterocycles. The van der Waals surface area contributed by atoms with Crippen LogP contribution in [-0.4, -0.2) is 158 Å². The molecule has 6 rings (SSSR count). The van der Waals surface area contributed by atoms with E-state index in [1.807, 2.05) is 94.2 Å². The second kappa shape index (κ2) is 38.1. The molecular weight excluding hydrogens is 1210 g/mol. The standard InChI is InChI=1S/C72H103N9O12S/c1-11-13-14-20-36-80(70(88)66(49(5)12-2)78-68(87)60-26-19-21-35-79(60)10)61(48(3)4)43-62(93-51(7)82)69-77-58(47-94-69)67(86)76-56(44-72(8,9)71(89)90)42-52-27-29-55(30-28-52)75-45-64(84)74-34-38-92-40-39-91-37-33-73-63(83)31-32-65(85)81-46-54-23-15-17-24-57(54)50(6)41-53-22-16-18-25-59(53)81/h15-18,22-25,27-30,41,47-49,56,60-62,66,75H,11-14,19-21,26,31-40,42-46H2,1-10H3,(H,73,83)(H,74,84)(H,76,86)(H,78,87)(H,89,90)/b50-41-/t49-,56-,60+,61+,62+,66-/m0/s1. The van der Waals surface area contributed by atoms with Crippen LogP contribution in [0.4, 0.5) is 11.4 Å². The molecule has 94 heavy (non-hydrogen) atoms. The molecule has 2 aliphatic heterocycles. The number of rotatable bonds is 38. The van der Waals surface area contributed by atoms with Crippen LogP contribution in [0, 0.1) is 17.3 Å². The average molecular weight is 1320 g/mol. The van der Waals surface area contributed by atoms with Crippen LogP contribution < -0.4 is 31.5 Å². The molecule has 21 nitrogen and oxygen atoms in total. The Morgan fingerprint density at radius 1 is 0.830 bits per heavy atom. The minimum atomic E-state index is -1.21. The van der Waals surface area contributed by atoms with Crippen molar-refractivity contribution in [2.45, 2.75) is 183 Å². The quantitative estimate of drug-likeness (QED) is 0.0180. The number of carbonyl (C=O) groups is 8. The normalized spacial score (nSPS) is 16.3. The van der Waals surface area contributed by atoms with Gasteiger partial charge >= 0.3 is 11.9 Å². The summed E-state index contributed by atoms with van der Waals surface area (Å²) in [5, 5.41) is 27.1. The number of ether oxygens (including phenoxy) is 3. The van der Waals surface area contributed by atoms with E-state index in [2.05, 4.69) is 57.5 Å². The molecule has 0 unspecified atom stereocenters. The van der Waals surface area contributed by atoms with E-state index >= 15 is 4.79 Å². The van der Waals surface area contributed by atoms with Crippen molar-refractivity contribution >= 4 is 81.7 Å². The van der Waals surface area contributed by atoms with Gasteiger partial charge in [-0.15, -0.1) is 11.3 Å². The molecule has 4 aromatic rings. The summed E-state index contributed by atoms with van der Waals surface area (Å²) < 4.78 is 17.2. The third kappa shape index (κ3) is 23.4. The van der Waals surface area contributed by atoms with Crippen LogP contribution in [0.5, 0.6) is 0 Å². The Kier molecular flexibility index (Phi) is 30.6. The SMILES string of the molecule is CCCCCCN(C(=O)[C@@H](NC(=O)[C@H]1CCCCN1C)[C@@H](C)CC)[C@H](C[C@@H](OC(C)=O)c1nc(C(=O)N[C@@H](Cc2ccc(NCC(=O)NCCOCCOCCNC(=O)CCC(=O)N3Cc4ccccc4/C(C)=C\c4ccccc43)cc2)CC(C)(C)C(=O)O)cs1)C(C)C. The lowest BCUT2D eigenvalue weighted by Gasteiger charge is -2.40. The van der Waals surface area contributed by atoms with Gasteiger partial charge in [0.2, 0.25) is 29.5 Å². The highest BCUT2D eigenvalue weighted by atomic mass is 32.1. The van der Waals surface area contributed by atoms with Crippen molar-refractivity contribution in [1.82, 2.24) is 36.1 Å². The number of fused-ring (bicyclic) bond motifs is 2. The summed E-state index contributed by atoms with van der Waals surface area (Å²) in [6.07, 6.45) is 8.87. The molecule has 0 aliphatic carbocycles. The van der Waals surface area contributed by atoms with Gasteiger partial charge in [-0.3, -0.25) is 43.3 Å². The number of amides is 6. The van der Waals surface area contributed by atoms with Crippen molar-refractivity contribution in [1.29, 1.82) is 0 Å². The maximum atomic E-state index is 15.1. The lowest BCUT2D eigenvalue weighted by atomic mass is 9.84. The summed E-state index contributed by atoms with van der Waals surface area (Å²) >= 11 is 1.16. The van der Waals surface area contributed by atoms with Crippen molar-refractivity contribution in [2.24, 2.45) is 17.3 Å². The molecular formula is C72H103N9O12S. The second-order valence-electron chi connectivity index (χ2n) is 25.9. The summed E-state index contributed by atoms with van der Waals surface area (Å²) in [5.74, 6) is -3.31. The number of likely N-dealkylation sites (N-methyl/N-ethyl adjacent to an activating group) is 1. The van der Waals surface area contributed by atoms with Crippen LogP contribution >= 0.6 is 11.3 Å². The predicted molar refractivity (Wildman–Crippen MR) is 368 cm³/mol. The number of carbonyl (C=O) groups excluding carboxylic acids is 7. The number of carboxylic acids is 1. The van der Waals surface area contributed by atoms with Crippen molar-refractivity contribution < 1.29 is 57.7 Å². The fourth-order valence-electron chi connectivity index (χ4n) is 12.0. The van der Waals surface area contributed by atoms with Gasteiger partial charge in [0.05, 0.1) is 56.7 Å². The fourth-order valence-corrected chi connectivity index (χ4v) is 12.8. The number of esters is 1. The van der Waals surface area contributed by atoms with E-state index in [0.29, 0.717) is 30.2 Å². The van der Waals surface area contributed by atoms with Crippen LogP contribution in [-0.2, 0) is 60.7 Å². The maximum absolute atomic E-state index is 15.1. The van der Waals surface area contributed by atoms with Crippen molar-refractivity contribution in [2.75, 3.05) is 76.4 Å². The molecule has 514 valence electrons. The van der Waals surface area contributed by atoms with Gasteiger partial charge in [0.25, 0.3) is 5.91 Å². The van der Waals surface area contributed by atoms with Crippen LogP contribution in [0.15, 0.2) is 78.2 Å². The molecule has 3 aromatic carbocycles. The van der Waals surface area contributed by atoms with E-state index in [1.165, 1.54) is 6.92 Å². The van der Waals surface area contributed by atoms with E-state index in [9.17, 15) is 38.7 Å². The lowest BCUT2D eigenvalue weighted by molar-refractivity contribution is -0.150. The molecule has 0 bridgehead atoms. The molecule has 0 radical (unpaired) electrons. The van der Waals surface area contributed by atoms with E-state index in [1.54, 1.807) is 36.3 Å². The van der Waals surface area contributed by atoms with E-state index in [-0.39, 0.29) is 131 Å². The van der Waals surface area contributed by atoms with Crippen molar-refractivity contribution in [3.05, 3.63) is 111 Å². The Labute approximate surface area is 560 Å². The summed E-state index contributed by atoms with van der Waals surface area (Å²) in [4.78, 5) is 118. The Bertz CT molecular complexity index is 3170. The van der Waals surface area contributed by atoms with Crippen molar-refractivity contribution in [3.8, 4) is 0 Å². The van der Waals surface area contributed by atoms with Gasteiger partial charge in [0, 0.05) is 69.0 Å². The number of anilines is 2. The molecule has 0 saturated carbocycles. The van der Waals surface area contributed by atoms with E-state index < -0.39 is 47.5 Å². The Hall–Kier alpha value is -7.53. The monoisotopic (exact) mass is 1320 g/mol.